The molecule has 3 nitrogen and oxygen atoms in total. The summed E-state index contributed by atoms with van der Waals surface area (Å²) in [6.07, 6.45) is 4.05. The molecular weight excluding hydrogens is 238 g/mol. The Kier molecular flexibility index (Phi) is 3.31. The van der Waals surface area contributed by atoms with Gasteiger partial charge in [0, 0.05) is 24.6 Å². The number of aryl methyl sites for hydroxylation is 2. The Hall–Kier alpha value is -1.35. The molecule has 0 bridgehead atoms. The molecule has 2 unspecified atom stereocenters. The maximum atomic E-state index is 12.5. The van der Waals surface area contributed by atoms with Crippen LogP contribution in [0.2, 0.25) is 0 Å². The van der Waals surface area contributed by atoms with Crippen LogP contribution in [0.15, 0.2) is 18.2 Å². The number of carbonyl (C=O) groups excluding carboxylic acids is 1. The van der Waals surface area contributed by atoms with Gasteiger partial charge in [-0.05, 0) is 55.9 Å². The fraction of sp³-hybridized carbons (Fsp3) is 0.562. The number of rotatable bonds is 2. The molecule has 1 aliphatic carbocycles. The summed E-state index contributed by atoms with van der Waals surface area (Å²) in [5, 5.41) is 9.61. The molecule has 3 rings (SSSR count). The molecule has 0 aromatic heterocycles. The minimum absolute atomic E-state index is 0.123. The molecule has 102 valence electrons. The van der Waals surface area contributed by atoms with Crippen molar-refractivity contribution in [2.75, 3.05) is 13.1 Å². The summed E-state index contributed by atoms with van der Waals surface area (Å²) in [5.74, 6) is 0.358. The van der Waals surface area contributed by atoms with Gasteiger partial charge in [-0.25, -0.2) is 0 Å². The van der Waals surface area contributed by atoms with Crippen molar-refractivity contribution in [1.29, 1.82) is 0 Å². The molecule has 1 fully saturated rings. The molecule has 1 amide bonds. The van der Waals surface area contributed by atoms with Gasteiger partial charge in [-0.1, -0.05) is 6.07 Å². The Labute approximate surface area is 114 Å². The highest BCUT2D eigenvalue weighted by Gasteiger charge is 2.29. The highest BCUT2D eigenvalue weighted by atomic mass is 16.3. The van der Waals surface area contributed by atoms with Gasteiger partial charge in [-0.3, -0.25) is 4.79 Å². The second-order valence-corrected chi connectivity index (χ2v) is 5.88. The van der Waals surface area contributed by atoms with Gasteiger partial charge in [-0.2, -0.15) is 0 Å². The van der Waals surface area contributed by atoms with E-state index in [1.165, 1.54) is 17.5 Å². The van der Waals surface area contributed by atoms with E-state index in [1.54, 1.807) is 0 Å². The standard InChI is InChI=1S/C16H21NO2/c1-11(18)15-7-8-17(10-15)16(19)14-6-5-12-3-2-4-13(12)9-14/h5-6,9,11,15,18H,2-4,7-8,10H2,1H3. The smallest absolute Gasteiger partial charge is 0.253 e. The summed E-state index contributed by atoms with van der Waals surface area (Å²) in [7, 11) is 0. The third-order valence-corrected chi connectivity index (χ3v) is 4.54. The SMILES string of the molecule is CC(O)C1CCN(C(=O)c2ccc3c(c2)CCC3)C1. The average Bonchev–Trinajstić information content (AvgIpc) is 3.06. The van der Waals surface area contributed by atoms with Crippen LogP contribution < -0.4 is 0 Å². The van der Waals surface area contributed by atoms with E-state index < -0.39 is 0 Å². The zero-order valence-corrected chi connectivity index (χ0v) is 11.4. The second kappa shape index (κ2) is 4.97. The third-order valence-electron chi connectivity index (χ3n) is 4.54. The second-order valence-electron chi connectivity index (χ2n) is 5.88. The summed E-state index contributed by atoms with van der Waals surface area (Å²) in [4.78, 5) is 14.3. The summed E-state index contributed by atoms with van der Waals surface area (Å²) in [6, 6.07) is 6.14. The molecule has 2 aliphatic rings. The predicted octanol–water partition coefficient (Wildman–Crippen LogP) is 2.02. The van der Waals surface area contributed by atoms with Gasteiger partial charge in [0.25, 0.3) is 5.91 Å². The van der Waals surface area contributed by atoms with Crippen LogP contribution in [0.5, 0.6) is 0 Å². The van der Waals surface area contributed by atoms with Crippen molar-refractivity contribution < 1.29 is 9.90 Å². The molecule has 2 atom stereocenters. The van der Waals surface area contributed by atoms with E-state index in [0.717, 1.165) is 31.4 Å². The lowest BCUT2D eigenvalue weighted by Gasteiger charge is -2.18. The fourth-order valence-electron chi connectivity index (χ4n) is 3.25. The minimum atomic E-state index is -0.321. The maximum absolute atomic E-state index is 12.5. The number of carbonyl (C=O) groups is 1. The van der Waals surface area contributed by atoms with E-state index in [-0.39, 0.29) is 17.9 Å². The van der Waals surface area contributed by atoms with E-state index in [9.17, 15) is 9.90 Å². The first-order valence-corrected chi connectivity index (χ1v) is 7.24. The summed E-state index contributed by atoms with van der Waals surface area (Å²) in [5.41, 5.74) is 3.56. The number of hydrogen-bond acceptors (Lipinski definition) is 2. The summed E-state index contributed by atoms with van der Waals surface area (Å²) in [6.45, 7) is 3.27. The first-order valence-electron chi connectivity index (χ1n) is 7.24. The molecule has 0 spiro atoms. The molecule has 19 heavy (non-hydrogen) atoms. The predicted molar refractivity (Wildman–Crippen MR) is 74.2 cm³/mol. The fourth-order valence-corrected chi connectivity index (χ4v) is 3.25. The van der Waals surface area contributed by atoms with Crippen molar-refractivity contribution in [3.05, 3.63) is 34.9 Å². The first kappa shape index (κ1) is 12.7. The van der Waals surface area contributed by atoms with Gasteiger partial charge >= 0.3 is 0 Å². The molecule has 1 N–H and O–H groups in total. The lowest BCUT2D eigenvalue weighted by atomic mass is 10.0. The first-order chi connectivity index (χ1) is 9.15. The van der Waals surface area contributed by atoms with Crippen molar-refractivity contribution in [2.45, 2.75) is 38.7 Å². The van der Waals surface area contributed by atoms with E-state index >= 15 is 0 Å². The van der Waals surface area contributed by atoms with Crippen LogP contribution in [0.25, 0.3) is 0 Å². The average molecular weight is 259 g/mol. The molecule has 1 aromatic carbocycles. The molecule has 1 aromatic rings. The quantitative estimate of drug-likeness (QED) is 0.882. The molecule has 1 aliphatic heterocycles. The maximum Gasteiger partial charge on any atom is 0.253 e. The van der Waals surface area contributed by atoms with Crippen molar-refractivity contribution >= 4 is 5.91 Å². The van der Waals surface area contributed by atoms with Gasteiger partial charge in [0.15, 0.2) is 0 Å². The van der Waals surface area contributed by atoms with E-state index in [1.807, 2.05) is 17.9 Å². The third kappa shape index (κ3) is 2.39. The number of aliphatic hydroxyl groups is 1. The number of nitrogens with zero attached hydrogens (tertiary/aromatic N) is 1. The van der Waals surface area contributed by atoms with Crippen molar-refractivity contribution in [1.82, 2.24) is 4.90 Å². The normalized spacial score (nSPS) is 23.5. The number of benzene rings is 1. The zero-order valence-electron chi connectivity index (χ0n) is 11.4. The minimum Gasteiger partial charge on any atom is -0.393 e. The van der Waals surface area contributed by atoms with Gasteiger partial charge in [0.05, 0.1) is 6.10 Å². The monoisotopic (exact) mass is 259 g/mol. The van der Waals surface area contributed by atoms with Crippen LogP contribution in [0, 0.1) is 5.92 Å². The summed E-state index contributed by atoms with van der Waals surface area (Å²) >= 11 is 0. The molecule has 3 heteroatoms. The van der Waals surface area contributed by atoms with Gasteiger partial charge in [-0.15, -0.1) is 0 Å². The van der Waals surface area contributed by atoms with Crippen molar-refractivity contribution in [3.63, 3.8) is 0 Å². The molecule has 1 saturated heterocycles. The zero-order chi connectivity index (χ0) is 13.4. The van der Waals surface area contributed by atoms with Crippen molar-refractivity contribution in [3.8, 4) is 0 Å². The van der Waals surface area contributed by atoms with Crippen LogP contribution in [-0.2, 0) is 12.8 Å². The topological polar surface area (TPSA) is 40.5 Å². The van der Waals surface area contributed by atoms with Crippen LogP contribution in [0.1, 0.15) is 41.3 Å². The highest BCUT2D eigenvalue weighted by molar-refractivity contribution is 5.94. The molecule has 0 radical (unpaired) electrons. The Balaban J connectivity index is 1.74. The van der Waals surface area contributed by atoms with E-state index in [0.29, 0.717) is 6.54 Å². The molecule has 0 saturated carbocycles. The number of aliphatic hydroxyl groups excluding tert-OH is 1. The lowest BCUT2D eigenvalue weighted by Crippen LogP contribution is -2.30. The molecule has 1 heterocycles. The van der Waals surface area contributed by atoms with Gasteiger partial charge in [0.2, 0.25) is 0 Å². The highest BCUT2D eigenvalue weighted by Crippen LogP contribution is 2.25. The Bertz CT molecular complexity index is 496. The Morgan fingerprint density at radius 3 is 2.89 bits per heavy atom. The number of likely N-dealkylation sites (tertiary alicyclic amines) is 1. The largest absolute Gasteiger partial charge is 0.393 e. The number of amides is 1. The van der Waals surface area contributed by atoms with Crippen LogP contribution >= 0.6 is 0 Å². The van der Waals surface area contributed by atoms with E-state index in [2.05, 4.69) is 12.1 Å². The number of fused-ring (bicyclic) bond motifs is 1. The summed E-state index contributed by atoms with van der Waals surface area (Å²) < 4.78 is 0. The van der Waals surface area contributed by atoms with Gasteiger partial charge < -0.3 is 10.0 Å². The lowest BCUT2D eigenvalue weighted by molar-refractivity contribution is 0.0762. The number of hydrogen-bond donors (Lipinski definition) is 1. The van der Waals surface area contributed by atoms with Crippen LogP contribution in [0.3, 0.4) is 0 Å². The Morgan fingerprint density at radius 2 is 2.16 bits per heavy atom. The van der Waals surface area contributed by atoms with Crippen LogP contribution in [0.4, 0.5) is 0 Å². The van der Waals surface area contributed by atoms with Crippen molar-refractivity contribution in [2.24, 2.45) is 5.92 Å². The molecular formula is C16H21NO2. The van der Waals surface area contributed by atoms with Gasteiger partial charge in [0.1, 0.15) is 0 Å². The van der Waals surface area contributed by atoms with E-state index in [4.69, 9.17) is 0 Å². The Morgan fingerprint density at radius 1 is 1.37 bits per heavy atom. The van der Waals surface area contributed by atoms with Crippen LogP contribution in [-0.4, -0.2) is 35.1 Å².